The number of anilines is 1. The standard InChI is InChI=1S/C17H23N7OS/c1-22-15(20-21-17(22)26)12-5-4-10-24(11-12)16(25)13-6-7-14(19-18-13)23-8-2-3-9-23/h6-7,12H,2-5,8-11H2,1H3,(H,21,26). The molecule has 0 aromatic carbocycles. The van der Waals surface area contributed by atoms with Gasteiger partial charge in [0.1, 0.15) is 5.82 Å². The van der Waals surface area contributed by atoms with Crippen LogP contribution in [0.25, 0.3) is 0 Å². The third-order valence-corrected chi connectivity index (χ3v) is 5.65. The summed E-state index contributed by atoms with van der Waals surface area (Å²) in [6.07, 6.45) is 4.31. The summed E-state index contributed by atoms with van der Waals surface area (Å²) in [5.74, 6) is 1.88. The molecule has 2 aromatic heterocycles. The molecule has 0 saturated carbocycles. The predicted octanol–water partition coefficient (Wildman–Crippen LogP) is 1.89. The maximum absolute atomic E-state index is 12.9. The number of carbonyl (C=O) groups excluding carboxylic acids is 1. The Morgan fingerprint density at radius 3 is 2.65 bits per heavy atom. The van der Waals surface area contributed by atoms with E-state index in [9.17, 15) is 4.79 Å². The second-order valence-electron chi connectivity index (χ2n) is 7.01. The van der Waals surface area contributed by atoms with E-state index in [0.29, 0.717) is 17.0 Å². The Balaban J connectivity index is 1.47. The van der Waals surface area contributed by atoms with Crippen LogP contribution in [0.5, 0.6) is 0 Å². The number of carbonyl (C=O) groups is 1. The molecule has 1 amide bonds. The minimum absolute atomic E-state index is 0.0630. The zero-order chi connectivity index (χ0) is 18.1. The van der Waals surface area contributed by atoms with Crippen molar-refractivity contribution in [3.8, 4) is 0 Å². The van der Waals surface area contributed by atoms with Gasteiger partial charge in [0.25, 0.3) is 5.91 Å². The number of hydrogen-bond acceptors (Lipinski definition) is 6. The van der Waals surface area contributed by atoms with E-state index in [1.54, 1.807) is 6.07 Å². The number of nitrogens with zero attached hydrogens (tertiary/aromatic N) is 6. The zero-order valence-electron chi connectivity index (χ0n) is 14.9. The first kappa shape index (κ1) is 17.1. The lowest BCUT2D eigenvalue weighted by molar-refractivity contribution is 0.0696. The van der Waals surface area contributed by atoms with Crippen molar-refractivity contribution in [3.05, 3.63) is 28.4 Å². The number of likely N-dealkylation sites (tertiary alicyclic amines) is 1. The van der Waals surface area contributed by atoms with Gasteiger partial charge in [-0.05, 0) is 50.0 Å². The molecule has 2 aromatic rings. The van der Waals surface area contributed by atoms with Gasteiger partial charge in [0.05, 0.1) is 0 Å². The first-order valence-electron chi connectivity index (χ1n) is 9.13. The average Bonchev–Trinajstić information content (AvgIpc) is 3.33. The van der Waals surface area contributed by atoms with E-state index in [1.807, 2.05) is 22.6 Å². The van der Waals surface area contributed by atoms with E-state index in [4.69, 9.17) is 12.2 Å². The fourth-order valence-electron chi connectivity index (χ4n) is 3.81. The molecule has 1 N–H and O–H groups in total. The summed E-state index contributed by atoms with van der Waals surface area (Å²) in [7, 11) is 1.91. The third-order valence-electron chi connectivity index (χ3n) is 5.29. The van der Waals surface area contributed by atoms with Gasteiger partial charge in [-0.2, -0.15) is 5.10 Å². The number of amides is 1. The number of H-pyrrole nitrogens is 1. The van der Waals surface area contributed by atoms with Crippen LogP contribution in [0.15, 0.2) is 12.1 Å². The molecular formula is C17H23N7OS. The second kappa shape index (κ2) is 7.14. The first-order chi connectivity index (χ1) is 12.6. The lowest BCUT2D eigenvalue weighted by Gasteiger charge is -2.31. The number of aromatic amines is 1. The fourth-order valence-corrected chi connectivity index (χ4v) is 3.95. The van der Waals surface area contributed by atoms with Gasteiger partial charge in [-0.25, -0.2) is 0 Å². The van der Waals surface area contributed by atoms with Crippen LogP contribution in [-0.2, 0) is 7.05 Å². The molecule has 2 aliphatic rings. The van der Waals surface area contributed by atoms with Crippen molar-refractivity contribution in [2.24, 2.45) is 7.05 Å². The van der Waals surface area contributed by atoms with Crippen LogP contribution in [0.3, 0.4) is 0 Å². The highest BCUT2D eigenvalue weighted by molar-refractivity contribution is 7.71. The highest BCUT2D eigenvalue weighted by Crippen LogP contribution is 2.26. The van der Waals surface area contributed by atoms with Crippen LogP contribution < -0.4 is 4.90 Å². The summed E-state index contributed by atoms with van der Waals surface area (Å²) in [5.41, 5.74) is 0.406. The normalized spacial score (nSPS) is 20.6. The minimum atomic E-state index is -0.0630. The Morgan fingerprint density at radius 2 is 2.00 bits per heavy atom. The van der Waals surface area contributed by atoms with Crippen molar-refractivity contribution in [3.63, 3.8) is 0 Å². The van der Waals surface area contributed by atoms with Crippen LogP contribution in [-0.4, -0.2) is 61.9 Å². The number of rotatable bonds is 3. The molecule has 4 heterocycles. The van der Waals surface area contributed by atoms with Gasteiger partial charge in [0.2, 0.25) is 0 Å². The number of aromatic nitrogens is 5. The van der Waals surface area contributed by atoms with Gasteiger partial charge in [-0.3, -0.25) is 9.89 Å². The van der Waals surface area contributed by atoms with Gasteiger partial charge in [-0.15, -0.1) is 10.2 Å². The Morgan fingerprint density at radius 1 is 1.19 bits per heavy atom. The molecule has 2 fully saturated rings. The van der Waals surface area contributed by atoms with Crippen molar-refractivity contribution in [1.82, 2.24) is 29.9 Å². The minimum Gasteiger partial charge on any atom is -0.355 e. The van der Waals surface area contributed by atoms with Gasteiger partial charge < -0.3 is 14.4 Å². The molecule has 0 radical (unpaired) electrons. The predicted molar refractivity (Wildman–Crippen MR) is 99.8 cm³/mol. The molecule has 26 heavy (non-hydrogen) atoms. The molecule has 0 bridgehead atoms. The lowest BCUT2D eigenvalue weighted by Crippen LogP contribution is -2.40. The smallest absolute Gasteiger partial charge is 0.274 e. The number of nitrogens with one attached hydrogen (secondary N) is 1. The first-order valence-corrected chi connectivity index (χ1v) is 9.53. The van der Waals surface area contributed by atoms with Crippen LogP contribution in [0, 0.1) is 4.77 Å². The molecule has 138 valence electrons. The van der Waals surface area contributed by atoms with Crippen molar-refractivity contribution < 1.29 is 4.79 Å². The largest absolute Gasteiger partial charge is 0.355 e. The molecular weight excluding hydrogens is 350 g/mol. The summed E-state index contributed by atoms with van der Waals surface area (Å²) in [5, 5.41) is 15.6. The van der Waals surface area contributed by atoms with Crippen LogP contribution in [0.2, 0.25) is 0 Å². The van der Waals surface area contributed by atoms with E-state index >= 15 is 0 Å². The third kappa shape index (κ3) is 3.23. The van der Waals surface area contributed by atoms with Crippen molar-refractivity contribution in [2.45, 2.75) is 31.6 Å². The Labute approximate surface area is 157 Å². The maximum atomic E-state index is 12.9. The molecule has 2 aliphatic heterocycles. The molecule has 0 aliphatic carbocycles. The van der Waals surface area contributed by atoms with Gasteiger partial charge in [0.15, 0.2) is 16.3 Å². The maximum Gasteiger partial charge on any atom is 0.274 e. The topological polar surface area (TPSA) is 82.9 Å². The zero-order valence-corrected chi connectivity index (χ0v) is 15.7. The second-order valence-corrected chi connectivity index (χ2v) is 7.39. The average molecular weight is 373 g/mol. The van der Waals surface area contributed by atoms with Crippen molar-refractivity contribution in [1.29, 1.82) is 0 Å². The van der Waals surface area contributed by atoms with Crippen molar-refractivity contribution in [2.75, 3.05) is 31.1 Å². The van der Waals surface area contributed by atoms with E-state index in [2.05, 4.69) is 25.3 Å². The van der Waals surface area contributed by atoms with Crippen LogP contribution in [0.4, 0.5) is 5.82 Å². The SMILES string of the molecule is Cn1c(C2CCCN(C(=O)c3ccc(N4CCCC4)nn3)C2)n[nH]c1=S. The van der Waals surface area contributed by atoms with E-state index in [-0.39, 0.29) is 11.8 Å². The van der Waals surface area contributed by atoms with Gasteiger partial charge in [0, 0.05) is 39.1 Å². The molecule has 2 saturated heterocycles. The van der Waals surface area contributed by atoms with Crippen molar-refractivity contribution >= 4 is 23.9 Å². The summed E-state index contributed by atoms with van der Waals surface area (Å²) < 4.78 is 2.49. The summed E-state index contributed by atoms with van der Waals surface area (Å²) >= 11 is 5.20. The highest BCUT2D eigenvalue weighted by Gasteiger charge is 2.29. The Kier molecular flexibility index (Phi) is 4.71. The van der Waals surface area contributed by atoms with E-state index in [0.717, 1.165) is 44.1 Å². The fraction of sp³-hybridized carbons (Fsp3) is 0.588. The van der Waals surface area contributed by atoms with Crippen LogP contribution >= 0.6 is 12.2 Å². The Bertz CT molecular complexity index is 838. The number of piperidine rings is 1. The molecule has 8 nitrogen and oxygen atoms in total. The monoisotopic (exact) mass is 373 g/mol. The van der Waals surface area contributed by atoms with E-state index in [1.165, 1.54) is 12.8 Å². The summed E-state index contributed by atoms with van der Waals surface area (Å²) in [6.45, 7) is 3.39. The Hall–Kier alpha value is -2.29. The molecule has 1 atom stereocenters. The van der Waals surface area contributed by atoms with E-state index < -0.39 is 0 Å². The van der Waals surface area contributed by atoms with Crippen LogP contribution in [0.1, 0.15) is 47.9 Å². The van der Waals surface area contributed by atoms with Gasteiger partial charge in [-0.1, -0.05) is 0 Å². The molecule has 9 heteroatoms. The summed E-state index contributed by atoms with van der Waals surface area (Å²) in [6, 6.07) is 3.70. The number of hydrogen-bond donors (Lipinski definition) is 1. The molecule has 0 spiro atoms. The summed E-state index contributed by atoms with van der Waals surface area (Å²) in [4.78, 5) is 16.9. The highest BCUT2D eigenvalue weighted by atomic mass is 32.1. The molecule has 1 unspecified atom stereocenters. The quantitative estimate of drug-likeness (QED) is 0.828. The van der Waals surface area contributed by atoms with Gasteiger partial charge >= 0.3 is 0 Å². The molecule has 4 rings (SSSR count). The lowest BCUT2D eigenvalue weighted by atomic mass is 9.97.